The Bertz CT molecular complexity index is 729. The number of nitrogens with one attached hydrogen (secondary N) is 1. The molecule has 1 unspecified atom stereocenters. The Morgan fingerprint density at radius 2 is 1.50 bits per heavy atom. The van der Waals surface area contributed by atoms with Crippen LogP contribution in [-0.2, 0) is 9.53 Å². The molecule has 0 aliphatic carbocycles. The van der Waals surface area contributed by atoms with Crippen LogP contribution in [0.2, 0.25) is 0 Å². The monoisotopic (exact) mass is 329 g/mol. The normalized spacial score (nSPS) is 11.3. The highest BCUT2D eigenvalue weighted by Crippen LogP contribution is 2.23. The lowest BCUT2D eigenvalue weighted by Crippen LogP contribution is -2.30. The molecule has 0 radical (unpaired) electrons. The Morgan fingerprint density at radius 3 is 2.17 bits per heavy atom. The van der Waals surface area contributed by atoms with Crippen LogP contribution in [0.1, 0.15) is 17.3 Å². The molecular weight excluding hydrogens is 310 g/mol. The first-order valence-electron chi connectivity index (χ1n) is 7.34. The molecule has 2 rings (SSSR count). The number of hydrogen-bond acceptors (Lipinski definition) is 5. The topological polar surface area (TPSA) is 73.9 Å². The van der Waals surface area contributed by atoms with E-state index in [9.17, 15) is 9.59 Å². The third-order valence-electron chi connectivity index (χ3n) is 3.34. The highest BCUT2D eigenvalue weighted by atomic mass is 16.5. The molecule has 2 aromatic rings. The van der Waals surface area contributed by atoms with Crippen molar-refractivity contribution < 1.29 is 23.8 Å². The van der Waals surface area contributed by atoms with E-state index in [2.05, 4.69) is 5.32 Å². The number of ether oxygens (including phenoxy) is 3. The van der Waals surface area contributed by atoms with Gasteiger partial charge in [-0.15, -0.1) is 0 Å². The third kappa shape index (κ3) is 4.04. The predicted octanol–water partition coefficient (Wildman–Crippen LogP) is 2.89. The number of para-hydroxylation sites is 3. The van der Waals surface area contributed by atoms with Crippen LogP contribution in [0.5, 0.6) is 11.5 Å². The van der Waals surface area contributed by atoms with Gasteiger partial charge in [-0.25, -0.2) is 4.79 Å². The van der Waals surface area contributed by atoms with Crippen molar-refractivity contribution in [3.05, 3.63) is 54.1 Å². The number of rotatable bonds is 6. The van der Waals surface area contributed by atoms with Gasteiger partial charge in [0.15, 0.2) is 6.10 Å². The number of methoxy groups -OCH3 is 2. The number of esters is 1. The summed E-state index contributed by atoms with van der Waals surface area (Å²) in [6, 6.07) is 13.6. The maximum Gasteiger partial charge on any atom is 0.342 e. The zero-order valence-electron chi connectivity index (χ0n) is 13.7. The van der Waals surface area contributed by atoms with Gasteiger partial charge in [0, 0.05) is 0 Å². The highest BCUT2D eigenvalue weighted by molar-refractivity contribution is 5.99. The van der Waals surface area contributed by atoms with E-state index in [4.69, 9.17) is 14.2 Å². The first kappa shape index (κ1) is 17.3. The molecule has 126 valence electrons. The second-order valence-corrected chi connectivity index (χ2v) is 4.94. The maximum absolute atomic E-state index is 12.2. The second kappa shape index (κ2) is 8.01. The lowest BCUT2D eigenvalue weighted by Gasteiger charge is -2.16. The summed E-state index contributed by atoms with van der Waals surface area (Å²) in [6.45, 7) is 1.50. The maximum atomic E-state index is 12.2. The number of carbonyl (C=O) groups excluding carboxylic acids is 2. The van der Waals surface area contributed by atoms with Gasteiger partial charge in [-0.2, -0.15) is 0 Å². The Balaban J connectivity index is 2.05. The van der Waals surface area contributed by atoms with E-state index in [1.807, 2.05) is 0 Å². The quantitative estimate of drug-likeness (QED) is 0.825. The molecule has 0 saturated carbocycles. The summed E-state index contributed by atoms with van der Waals surface area (Å²) in [6.07, 6.45) is -0.979. The van der Waals surface area contributed by atoms with Gasteiger partial charge in [-0.05, 0) is 31.2 Å². The van der Waals surface area contributed by atoms with Crippen LogP contribution < -0.4 is 14.8 Å². The van der Waals surface area contributed by atoms with Crippen LogP contribution in [0.3, 0.4) is 0 Å². The largest absolute Gasteiger partial charge is 0.496 e. The zero-order valence-corrected chi connectivity index (χ0v) is 13.7. The summed E-state index contributed by atoms with van der Waals surface area (Å²) in [4.78, 5) is 24.4. The molecule has 0 aromatic heterocycles. The number of carbonyl (C=O) groups is 2. The lowest BCUT2D eigenvalue weighted by molar-refractivity contribution is -0.123. The zero-order chi connectivity index (χ0) is 17.5. The fourth-order valence-electron chi connectivity index (χ4n) is 2.07. The Morgan fingerprint density at radius 1 is 0.917 bits per heavy atom. The van der Waals surface area contributed by atoms with E-state index in [0.717, 1.165) is 0 Å². The van der Waals surface area contributed by atoms with Crippen LogP contribution in [0.15, 0.2) is 48.5 Å². The summed E-state index contributed by atoms with van der Waals surface area (Å²) in [5.74, 6) is -0.174. The summed E-state index contributed by atoms with van der Waals surface area (Å²) >= 11 is 0. The number of hydrogen-bond donors (Lipinski definition) is 1. The van der Waals surface area contributed by atoms with Crippen molar-refractivity contribution in [3.63, 3.8) is 0 Å². The van der Waals surface area contributed by atoms with Gasteiger partial charge in [-0.3, -0.25) is 4.79 Å². The van der Waals surface area contributed by atoms with Crippen molar-refractivity contribution in [1.29, 1.82) is 0 Å². The minimum Gasteiger partial charge on any atom is -0.496 e. The number of benzene rings is 2. The fraction of sp³-hybridized carbons (Fsp3) is 0.222. The Hall–Kier alpha value is -3.02. The van der Waals surface area contributed by atoms with E-state index in [1.54, 1.807) is 48.5 Å². The predicted molar refractivity (Wildman–Crippen MR) is 89.5 cm³/mol. The van der Waals surface area contributed by atoms with Gasteiger partial charge < -0.3 is 19.5 Å². The van der Waals surface area contributed by atoms with Gasteiger partial charge in [0.1, 0.15) is 17.1 Å². The molecule has 0 aliphatic rings. The first-order chi connectivity index (χ1) is 11.6. The lowest BCUT2D eigenvalue weighted by atomic mass is 10.2. The Labute approximate surface area is 140 Å². The summed E-state index contributed by atoms with van der Waals surface area (Å²) in [5, 5.41) is 2.67. The molecular formula is C18H19NO5. The van der Waals surface area contributed by atoms with Crippen LogP contribution in [0, 0.1) is 0 Å². The molecule has 6 heteroatoms. The van der Waals surface area contributed by atoms with Crippen LogP contribution in [0.25, 0.3) is 0 Å². The van der Waals surface area contributed by atoms with E-state index < -0.39 is 18.0 Å². The third-order valence-corrected chi connectivity index (χ3v) is 3.34. The fourth-order valence-corrected chi connectivity index (χ4v) is 2.07. The number of amides is 1. The van der Waals surface area contributed by atoms with Crippen molar-refractivity contribution in [3.8, 4) is 11.5 Å². The molecule has 2 aromatic carbocycles. The van der Waals surface area contributed by atoms with Crippen LogP contribution in [0.4, 0.5) is 5.69 Å². The highest BCUT2D eigenvalue weighted by Gasteiger charge is 2.21. The van der Waals surface area contributed by atoms with Gasteiger partial charge in [0.05, 0.1) is 19.9 Å². The van der Waals surface area contributed by atoms with Gasteiger partial charge in [-0.1, -0.05) is 24.3 Å². The first-order valence-corrected chi connectivity index (χ1v) is 7.34. The van der Waals surface area contributed by atoms with Gasteiger partial charge >= 0.3 is 5.97 Å². The molecule has 1 amide bonds. The van der Waals surface area contributed by atoms with Crippen LogP contribution >= 0.6 is 0 Å². The minimum absolute atomic E-state index is 0.261. The average Bonchev–Trinajstić information content (AvgIpc) is 2.61. The summed E-state index contributed by atoms with van der Waals surface area (Å²) in [5.41, 5.74) is 0.766. The van der Waals surface area contributed by atoms with E-state index >= 15 is 0 Å². The van der Waals surface area contributed by atoms with Gasteiger partial charge in [0.2, 0.25) is 0 Å². The minimum atomic E-state index is -0.979. The van der Waals surface area contributed by atoms with E-state index in [-0.39, 0.29) is 5.56 Å². The van der Waals surface area contributed by atoms with Crippen LogP contribution in [-0.4, -0.2) is 32.2 Å². The van der Waals surface area contributed by atoms with Crippen molar-refractivity contribution in [2.45, 2.75) is 13.0 Å². The van der Waals surface area contributed by atoms with Gasteiger partial charge in [0.25, 0.3) is 5.91 Å². The summed E-state index contributed by atoms with van der Waals surface area (Å²) < 4.78 is 15.5. The molecule has 0 aliphatic heterocycles. The van der Waals surface area contributed by atoms with Crippen molar-refractivity contribution >= 4 is 17.6 Å². The summed E-state index contributed by atoms with van der Waals surface area (Å²) in [7, 11) is 2.97. The van der Waals surface area contributed by atoms with E-state index in [0.29, 0.717) is 17.2 Å². The SMILES string of the molecule is COc1ccccc1NC(=O)C(C)OC(=O)c1ccccc1OC. The molecule has 1 N–H and O–H groups in total. The molecule has 0 fully saturated rings. The molecule has 1 atom stereocenters. The van der Waals surface area contributed by atoms with Crippen molar-refractivity contribution in [1.82, 2.24) is 0 Å². The van der Waals surface area contributed by atoms with Crippen molar-refractivity contribution in [2.75, 3.05) is 19.5 Å². The molecule has 6 nitrogen and oxygen atoms in total. The molecule has 24 heavy (non-hydrogen) atoms. The average molecular weight is 329 g/mol. The second-order valence-electron chi connectivity index (χ2n) is 4.94. The smallest absolute Gasteiger partial charge is 0.342 e. The number of anilines is 1. The van der Waals surface area contributed by atoms with Crippen molar-refractivity contribution in [2.24, 2.45) is 0 Å². The molecule has 0 saturated heterocycles. The Kier molecular flexibility index (Phi) is 5.78. The molecule has 0 heterocycles. The molecule has 0 bridgehead atoms. The standard InChI is InChI=1S/C18H19NO5/c1-12(17(20)19-14-9-5-7-11-16(14)23-3)24-18(21)13-8-4-6-10-15(13)22-2/h4-12H,1-3H3,(H,19,20). The molecule has 0 spiro atoms. The van der Waals surface area contributed by atoms with E-state index in [1.165, 1.54) is 21.1 Å².